The topological polar surface area (TPSA) is 29.3 Å². The fourth-order valence-electron chi connectivity index (χ4n) is 2.22. The molecule has 0 radical (unpaired) electrons. The van der Waals surface area contributed by atoms with Crippen LogP contribution in [0.5, 0.6) is 0 Å². The van der Waals surface area contributed by atoms with Crippen LogP contribution in [0.1, 0.15) is 16.8 Å². The van der Waals surface area contributed by atoms with Crippen molar-refractivity contribution >= 4 is 5.65 Å². The van der Waals surface area contributed by atoms with Crippen molar-refractivity contribution < 1.29 is 0 Å². The van der Waals surface area contributed by atoms with Crippen molar-refractivity contribution in [2.45, 2.75) is 20.0 Å². The van der Waals surface area contributed by atoms with Crippen LogP contribution in [0.25, 0.3) is 5.65 Å². The Labute approximate surface area is 112 Å². The molecule has 0 amide bonds. The van der Waals surface area contributed by atoms with Crippen molar-refractivity contribution in [2.75, 3.05) is 0 Å². The zero-order valence-corrected chi connectivity index (χ0v) is 11.0. The van der Waals surface area contributed by atoms with Crippen LogP contribution in [0.4, 0.5) is 0 Å². The van der Waals surface area contributed by atoms with Gasteiger partial charge in [0.05, 0.1) is 5.69 Å². The van der Waals surface area contributed by atoms with Crippen molar-refractivity contribution in [3.05, 3.63) is 71.7 Å². The largest absolute Gasteiger partial charge is 0.309 e. The van der Waals surface area contributed by atoms with Gasteiger partial charge in [0.1, 0.15) is 5.65 Å². The maximum Gasteiger partial charge on any atom is 0.136 e. The molecule has 3 nitrogen and oxygen atoms in total. The van der Waals surface area contributed by atoms with Gasteiger partial charge in [-0.15, -0.1) is 0 Å². The van der Waals surface area contributed by atoms with Crippen LogP contribution in [0.3, 0.4) is 0 Å². The lowest BCUT2D eigenvalue weighted by Gasteiger charge is -2.05. The molecule has 0 bridgehead atoms. The van der Waals surface area contributed by atoms with E-state index in [4.69, 9.17) is 0 Å². The molecule has 0 unspecified atom stereocenters. The van der Waals surface area contributed by atoms with E-state index in [1.165, 1.54) is 11.1 Å². The number of pyridine rings is 1. The first-order valence-corrected chi connectivity index (χ1v) is 6.50. The molecule has 0 aliphatic carbocycles. The number of benzene rings is 1. The van der Waals surface area contributed by atoms with Crippen LogP contribution < -0.4 is 5.32 Å². The Morgan fingerprint density at radius 2 is 1.74 bits per heavy atom. The monoisotopic (exact) mass is 251 g/mol. The van der Waals surface area contributed by atoms with Gasteiger partial charge in [-0.25, -0.2) is 4.98 Å². The van der Waals surface area contributed by atoms with Crippen molar-refractivity contribution in [3.8, 4) is 0 Å². The van der Waals surface area contributed by atoms with Gasteiger partial charge in [0.25, 0.3) is 0 Å². The van der Waals surface area contributed by atoms with Gasteiger partial charge in [0.2, 0.25) is 0 Å². The molecule has 2 aromatic heterocycles. The van der Waals surface area contributed by atoms with Crippen LogP contribution in [-0.4, -0.2) is 9.38 Å². The first kappa shape index (κ1) is 11.9. The summed E-state index contributed by atoms with van der Waals surface area (Å²) < 4.78 is 2.08. The number of hydrogen-bond donors (Lipinski definition) is 1. The number of imidazole rings is 1. The number of rotatable bonds is 4. The minimum atomic E-state index is 0.863. The zero-order valence-electron chi connectivity index (χ0n) is 11.0. The Morgan fingerprint density at radius 1 is 0.947 bits per heavy atom. The molecule has 96 valence electrons. The molecule has 0 saturated heterocycles. The molecule has 0 aliphatic rings. The zero-order chi connectivity index (χ0) is 13.1. The van der Waals surface area contributed by atoms with Crippen molar-refractivity contribution in [3.63, 3.8) is 0 Å². The van der Waals surface area contributed by atoms with Crippen LogP contribution >= 0.6 is 0 Å². The number of fused-ring (bicyclic) bond motifs is 1. The third-order valence-corrected chi connectivity index (χ3v) is 3.13. The minimum Gasteiger partial charge on any atom is -0.309 e. The smallest absolute Gasteiger partial charge is 0.136 e. The highest BCUT2D eigenvalue weighted by molar-refractivity contribution is 5.41. The van der Waals surface area contributed by atoms with E-state index < -0.39 is 0 Å². The third kappa shape index (κ3) is 2.83. The number of nitrogens with one attached hydrogen (secondary N) is 1. The second kappa shape index (κ2) is 5.24. The Bertz CT molecular complexity index is 671. The second-order valence-electron chi connectivity index (χ2n) is 4.77. The maximum absolute atomic E-state index is 4.42. The van der Waals surface area contributed by atoms with E-state index in [9.17, 15) is 0 Å². The Hall–Kier alpha value is -2.13. The minimum absolute atomic E-state index is 0.863. The summed E-state index contributed by atoms with van der Waals surface area (Å²) in [6.07, 6.45) is 4.18. The maximum atomic E-state index is 4.42. The summed E-state index contributed by atoms with van der Waals surface area (Å²) >= 11 is 0. The molecule has 3 rings (SSSR count). The van der Waals surface area contributed by atoms with Crippen LogP contribution in [0.15, 0.2) is 54.9 Å². The van der Waals surface area contributed by atoms with Gasteiger partial charge in [-0.05, 0) is 24.1 Å². The molecule has 1 N–H and O–H groups in total. The fraction of sp³-hybridized carbons (Fsp3) is 0.188. The first-order chi connectivity index (χ1) is 9.31. The SMILES string of the molecule is Cc1cn2cc(CNCc3ccccc3)ccc2n1. The quantitative estimate of drug-likeness (QED) is 0.772. The predicted molar refractivity (Wildman–Crippen MR) is 76.9 cm³/mol. The van der Waals surface area contributed by atoms with Gasteiger partial charge in [-0.1, -0.05) is 36.4 Å². The molecular formula is C16H17N3. The number of hydrogen-bond acceptors (Lipinski definition) is 2. The third-order valence-electron chi connectivity index (χ3n) is 3.13. The van der Waals surface area contributed by atoms with E-state index in [-0.39, 0.29) is 0 Å². The highest BCUT2D eigenvalue weighted by Gasteiger charge is 1.99. The molecule has 3 heteroatoms. The van der Waals surface area contributed by atoms with Crippen molar-refractivity contribution in [2.24, 2.45) is 0 Å². The molecule has 2 heterocycles. The van der Waals surface area contributed by atoms with Gasteiger partial charge in [-0.2, -0.15) is 0 Å². The Kier molecular flexibility index (Phi) is 3.29. The first-order valence-electron chi connectivity index (χ1n) is 6.50. The van der Waals surface area contributed by atoms with Crippen LogP contribution in [0, 0.1) is 6.92 Å². The Morgan fingerprint density at radius 3 is 2.58 bits per heavy atom. The molecule has 0 spiro atoms. The molecular weight excluding hydrogens is 234 g/mol. The molecule has 0 aliphatic heterocycles. The molecule has 0 saturated carbocycles. The summed E-state index contributed by atoms with van der Waals surface area (Å²) in [6, 6.07) is 14.6. The average Bonchev–Trinajstić information content (AvgIpc) is 2.79. The van der Waals surface area contributed by atoms with E-state index >= 15 is 0 Å². The number of aromatic nitrogens is 2. The Balaban J connectivity index is 1.65. The van der Waals surface area contributed by atoms with E-state index in [1.54, 1.807) is 0 Å². The highest BCUT2D eigenvalue weighted by Crippen LogP contribution is 2.07. The van der Waals surface area contributed by atoms with Crippen molar-refractivity contribution in [1.29, 1.82) is 0 Å². The molecule has 0 atom stereocenters. The highest BCUT2D eigenvalue weighted by atomic mass is 15.0. The number of nitrogens with zero attached hydrogens (tertiary/aromatic N) is 2. The molecule has 0 fully saturated rings. The summed E-state index contributed by atoms with van der Waals surface area (Å²) in [6.45, 7) is 3.77. The van der Waals surface area contributed by atoms with Gasteiger partial charge in [-0.3, -0.25) is 0 Å². The van der Waals surface area contributed by atoms with Crippen LogP contribution in [0.2, 0.25) is 0 Å². The molecule has 19 heavy (non-hydrogen) atoms. The summed E-state index contributed by atoms with van der Waals surface area (Å²) in [5.41, 5.74) is 4.63. The summed E-state index contributed by atoms with van der Waals surface area (Å²) in [5.74, 6) is 0. The lowest BCUT2D eigenvalue weighted by Crippen LogP contribution is -2.12. The summed E-state index contributed by atoms with van der Waals surface area (Å²) in [7, 11) is 0. The molecule has 3 aromatic rings. The average molecular weight is 251 g/mol. The van der Waals surface area contributed by atoms with E-state index in [0.29, 0.717) is 0 Å². The normalized spacial score (nSPS) is 11.0. The van der Waals surface area contributed by atoms with Gasteiger partial charge < -0.3 is 9.72 Å². The summed E-state index contributed by atoms with van der Waals surface area (Å²) in [4.78, 5) is 4.42. The van der Waals surface area contributed by atoms with Gasteiger partial charge in [0, 0.05) is 25.5 Å². The number of aryl methyl sites for hydroxylation is 1. The fourth-order valence-corrected chi connectivity index (χ4v) is 2.22. The van der Waals surface area contributed by atoms with E-state index in [1.807, 2.05) is 13.0 Å². The van der Waals surface area contributed by atoms with Crippen LogP contribution in [-0.2, 0) is 13.1 Å². The van der Waals surface area contributed by atoms with Crippen molar-refractivity contribution in [1.82, 2.24) is 14.7 Å². The lowest BCUT2D eigenvalue weighted by atomic mass is 10.2. The van der Waals surface area contributed by atoms with E-state index in [0.717, 1.165) is 24.4 Å². The molecule has 1 aromatic carbocycles. The predicted octanol–water partition coefficient (Wildman–Crippen LogP) is 2.93. The van der Waals surface area contributed by atoms with Gasteiger partial charge >= 0.3 is 0 Å². The van der Waals surface area contributed by atoms with E-state index in [2.05, 4.69) is 63.5 Å². The lowest BCUT2D eigenvalue weighted by molar-refractivity contribution is 0.690. The standard InChI is InChI=1S/C16H17N3/c1-13-11-19-12-15(7-8-16(19)18-13)10-17-9-14-5-3-2-4-6-14/h2-8,11-12,17H,9-10H2,1H3. The summed E-state index contributed by atoms with van der Waals surface area (Å²) in [5, 5.41) is 3.46. The van der Waals surface area contributed by atoms with Gasteiger partial charge in [0.15, 0.2) is 0 Å². The second-order valence-corrected chi connectivity index (χ2v) is 4.77.